The Labute approximate surface area is 82.4 Å². The molecule has 0 radical (unpaired) electrons. The van der Waals surface area contributed by atoms with Crippen molar-refractivity contribution in [2.45, 2.75) is 13.3 Å². The van der Waals surface area contributed by atoms with E-state index in [0.717, 1.165) is 17.8 Å². The van der Waals surface area contributed by atoms with E-state index in [1.807, 2.05) is 12.1 Å². The van der Waals surface area contributed by atoms with Crippen LogP contribution in [0.2, 0.25) is 0 Å². The van der Waals surface area contributed by atoms with Gasteiger partial charge in [-0.25, -0.2) is 4.68 Å². The average molecular weight is 188 g/mol. The zero-order valence-corrected chi connectivity index (χ0v) is 8.01. The Morgan fingerprint density at radius 1 is 1.50 bits per heavy atom. The summed E-state index contributed by atoms with van der Waals surface area (Å²) in [6, 6.07) is 3.91. The molecule has 0 fully saturated rings. The average Bonchev–Trinajstić information content (AvgIpc) is 2.65. The molecule has 0 saturated heterocycles. The molecule has 0 aromatic carbocycles. The third kappa shape index (κ3) is 1.59. The molecule has 0 unspecified atom stereocenters. The second kappa shape index (κ2) is 3.49. The van der Waals surface area contributed by atoms with Crippen molar-refractivity contribution in [1.29, 1.82) is 0 Å². The first kappa shape index (κ1) is 8.74. The molecule has 2 aromatic heterocycles. The van der Waals surface area contributed by atoms with Crippen LogP contribution in [-0.4, -0.2) is 14.8 Å². The van der Waals surface area contributed by atoms with E-state index in [0.29, 0.717) is 5.69 Å². The summed E-state index contributed by atoms with van der Waals surface area (Å²) < 4.78 is 1.75. The van der Waals surface area contributed by atoms with Crippen LogP contribution in [-0.2, 0) is 6.42 Å². The van der Waals surface area contributed by atoms with E-state index in [1.54, 1.807) is 23.3 Å². The SMILES string of the molecule is CCc1cc(-n2cc(N)cn2)ccn1. The monoisotopic (exact) mass is 188 g/mol. The minimum atomic E-state index is 0.667. The predicted molar refractivity (Wildman–Crippen MR) is 55.1 cm³/mol. The van der Waals surface area contributed by atoms with Gasteiger partial charge in [-0.2, -0.15) is 5.10 Å². The van der Waals surface area contributed by atoms with Crippen LogP contribution >= 0.6 is 0 Å². The molecule has 0 amide bonds. The van der Waals surface area contributed by atoms with Gasteiger partial charge >= 0.3 is 0 Å². The van der Waals surface area contributed by atoms with Crippen molar-refractivity contribution in [2.24, 2.45) is 0 Å². The fourth-order valence-corrected chi connectivity index (χ4v) is 1.28. The van der Waals surface area contributed by atoms with Crippen LogP contribution in [0.4, 0.5) is 5.69 Å². The maximum atomic E-state index is 5.59. The fraction of sp³-hybridized carbons (Fsp3) is 0.200. The lowest BCUT2D eigenvalue weighted by Gasteiger charge is -2.02. The van der Waals surface area contributed by atoms with Crippen molar-refractivity contribution in [1.82, 2.24) is 14.8 Å². The highest BCUT2D eigenvalue weighted by Crippen LogP contribution is 2.09. The number of rotatable bonds is 2. The van der Waals surface area contributed by atoms with Crippen molar-refractivity contribution in [3.8, 4) is 5.69 Å². The number of pyridine rings is 1. The quantitative estimate of drug-likeness (QED) is 0.775. The van der Waals surface area contributed by atoms with Crippen LogP contribution in [0.5, 0.6) is 0 Å². The minimum Gasteiger partial charge on any atom is -0.396 e. The van der Waals surface area contributed by atoms with Gasteiger partial charge in [0.05, 0.1) is 23.8 Å². The van der Waals surface area contributed by atoms with E-state index in [1.165, 1.54) is 0 Å². The van der Waals surface area contributed by atoms with Crippen molar-refractivity contribution in [2.75, 3.05) is 5.73 Å². The molecule has 2 rings (SSSR count). The van der Waals surface area contributed by atoms with Gasteiger partial charge in [0.2, 0.25) is 0 Å². The number of nitrogen functional groups attached to an aromatic ring is 1. The summed E-state index contributed by atoms with van der Waals surface area (Å²) in [5.41, 5.74) is 8.30. The molecule has 0 aliphatic heterocycles. The molecule has 0 aliphatic carbocycles. The molecule has 0 spiro atoms. The second-order valence-corrected chi connectivity index (χ2v) is 3.08. The van der Waals surface area contributed by atoms with Gasteiger partial charge < -0.3 is 5.73 Å². The molecular formula is C10H12N4. The zero-order chi connectivity index (χ0) is 9.97. The highest BCUT2D eigenvalue weighted by atomic mass is 15.3. The first-order valence-electron chi connectivity index (χ1n) is 4.55. The molecule has 0 atom stereocenters. The van der Waals surface area contributed by atoms with E-state index in [9.17, 15) is 0 Å². The zero-order valence-electron chi connectivity index (χ0n) is 8.01. The first-order valence-corrected chi connectivity index (χ1v) is 4.55. The lowest BCUT2D eigenvalue weighted by molar-refractivity contribution is 0.870. The van der Waals surface area contributed by atoms with Crippen molar-refractivity contribution < 1.29 is 0 Å². The van der Waals surface area contributed by atoms with E-state index in [4.69, 9.17) is 5.73 Å². The summed E-state index contributed by atoms with van der Waals surface area (Å²) in [5.74, 6) is 0. The molecule has 14 heavy (non-hydrogen) atoms. The highest BCUT2D eigenvalue weighted by molar-refractivity contribution is 5.38. The topological polar surface area (TPSA) is 56.7 Å². The lowest BCUT2D eigenvalue weighted by Crippen LogP contribution is -1.96. The Bertz CT molecular complexity index is 433. The molecule has 2 aromatic rings. The van der Waals surface area contributed by atoms with Crippen LogP contribution in [0.15, 0.2) is 30.7 Å². The number of hydrogen-bond donors (Lipinski definition) is 1. The molecule has 0 bridgehead atoms. The van der Waals surface area contributed by atoms with E-state index < -0.39 is 0 Å². The summed E-state index contributed by atoms with van der Waals surface area (Å²) in [7, 11) is 0. The van der Waals surface area contributed by atoms with Crippen molar-refractivity contribution in [3.63, 3.8) is 0 Å². The van der Waals surface area contributed by atoms with Gasteiger partial charge in [-0.3, -0.25) is 4.98 Å². The Balaban J connectivity index is 2.41. The Morgan fingerprint density at radius 2 is 2.36 bits per heavy atom. The van der Waals surface area contributed by atoms with Gasteiger partial charge in [0.15, 0.2) is 0 Å². The standard InChI is InChI=1S/C10H12N4/c1-2-9-5-10(3-4-12-9)14-7-8(11)6-13-14/h3-7H,2,11H2,1H3. The molecule has 0 aliphatic rings. The third-order valence-corrected chi connectivity index (χ3v) is 2.03. The number of aromatic nitrogens is 3. The molecule has 72 valence electrons. The number of nitrogens with zero attached hydrogens (tertiary/aromatic N) is 3. The maximum Gasteiger partial charge on any atom is 0.0724 e. The van der Waals surface area contributed by atoms with E-state index in [2.05, 4.69) is 17.0 Å². The molecule has 0 saturated carbocycles. The molecule has 4 heteroatoms. The van der Waals surface area contributed by atoms with Gasteiger partial charge in [-0.15, -0.1) is 0 Å². The van der Waals surface area contributed by atoms with Crippen LogP contribution in [0.3, 0.4) is 0 Å². The minimum absolute atomic E-state index is 0.667. The largest absolute Gasteiger partial charge is 0.396 e. The predicted octanol–water partition coefficient (Wildman–Crippen LogP) is 1.41. The van der Waals surface area contributed by atoms with Gasteiger partial charge in [-0.1, -0.05) is 6.92 Å². The van der Waals surface area contributed by atoms with Gasteiger partial charge in [-0.05, 0) is 18.6 Å². The highest BCUT2D eigenvalue weighted by Gasteiger charge is 1.99. The fourth-order valence-electron chi connectivity index (χ4n) is 1.28. The Hall–Kier alpha value is -1.84. The van der Waals surface area contributed by atoms with E-state index in [-0.39, 0.29) is 0 Å². The smallest absolute Gasteiger partial charge is 0.0724 e. The molecule has 2 N–H and O–H groups in total. The normalized spacial score (nSPS) is 10.4. The lowest BCUT2D eigenvalue weighted by atomic mass is 10.3. The molecule has 4 nitrogen and oxygen atoms in total. The molecular weight excluding hydrogens is 176 g/mol. The first-order chi connectivity index (χ1) is 6.79. The van der Waals surface area contributed by atoms with Crippen molar-refractivity contribution >= 4 is 5.69 Å². The van der Waals surface area contributed by atoms with Gasteiger partial charge in [0.1, 0.15) is 0 Å². The summed E-state index contributed by atoms with van der Waals surface area (Å²) in [4.78, 5) is 4.22. The number of anilines is 1. The number of hydrogen-bond acceptors (Lipinski definition) is 3. The van der Waals surface area contributed by atoms with Gasteiger partial charge in [0, 0.05) is 11.9 Å². The summed E-state index contributed by atoms with van der Waals surface area (Å²) in [5, 5.41) is 4.13. The number of aryl methyl sites for hydroxylation is 1. The maximum absolute atomic E-state index is 5.59. The summed E-state index contributed by atoms with van der Waals surface area (Å²) >= 11 is 0. The van der Waals surface area contributed by atoms with Crippen molar-refractivity contribution in [3.05, 3.63) is 36.4 Å². The molecule has 2 heterocycles. The van der Waals surface area contributed by atoms with Crippen LogP contribution in [0.1, 0.15) is 12.6 Å². The second-order valence-electron chi connectivity index (χ2n) is 3.08. The van der Waals surface area contributed by atoms with E-state index >= 15 is 0 Å². The third-order valence-electron chi connectivity index (χ3n) is 2.03. The Morgan fingerprint density at radius 3 is 3.00 bits per heavy atom. The summed E-state index contributed by atoms with van der Waals surface area (Å²) in [6.07, 6.45) is 6.12. The van der Waals surface area contributed by atoms with Crippen LogP contribution < -0.4 is 5.73 Å². The van der Waals surface area contributed by atoms with Gasteiger partial charge in [0.25, 0.3) is 0 Å². The van der Waals surface area contributed by atoms with Crippen LogP contribution in [0.25, 0.3) is 5.69 Å². The Kier molecular flexibility index (Phi) is 2.18. The summed E-state index contributed by atoms with van der Waals surface area (Å²) in [6.45, 7) is 2.07. The number of nitrogens with two attached hydrogens (primary N) is 1. The van der Waals surface area contributed by atoms with Crippen LogP contribution in [0, 0.1) is 0 Å².